The quantitative estimate of drug-likeness (QED) is 0.486. The molecule has 2 aliphatic rings. The average molecular weight is 355 g/mol. The number of para-hydroxylation sites is 1. The monoisotopic (exact) mass is 355 g/mol. The number of anilines is 1. The lowest BCUT2D eigenvalue weighted by molar-refractivity contribution is 0.420. The van der Waals surface area contributed by atoms with Crippen LogP contribution in [0, 0.1) is 15.4 Å². The first-order valence-corrected chi connectivity index (χ1v) is 7.65. The molecule has 3 N–H and O–H groups in total. The normalized spacial score (nSPS) is 30.7. The zero-order valence-electron chi connectivity index (χ0n) is 10.3. The standard InChI is InChI=1S/C14H18IN3/c15-11-3-1-2-4-12(11)17-14(16)18-13-8-9-5-6-10(13)7-9/h1-4,9-10,13H,5-8H2,(H3,16,17,18)/t9-,10+,13+/m1/s1. The van der Waals surface area contributed by atoms with Crippen LogP contribution < -0.4 is 11.1 Å². The van der Waals surface area contributed by atoms with Gasteiger partial charge < -0.3 is 11.1 Å². The van der Waals surface area contributed by atoms with Crippen LogP contribution in [0.15, 0.2) is 29.3 Å². The number of hydrogen-bond donors (Lipinski definition) is 2. The smallest absolute Gasteiger partial charge is 0.193 e. The molecular weight excluding hydrogens is 337 g/mol. The maximum Gasteiger partial charge on any atom is 0.193 e. The van der Waals surface area contributed by atoms with Crippen molar-refractivity contribution < 1.29 is 0 Å². The number of hydrogen-bond acceptors (Lipinski definition) is 1. The molecule has 1 aromatic rings. The number of benzene rings is 1. The van der Waals surface area contributed by atoms with Gasteiger partial charge in [0.1, 0.15) is 0 Å². The lowest BCUT2D eigenvalue weighted by Crippen LogP contribution is -2.27. The summed E-state index contributed by atoms with van der Waals surface area (Å²) >= 11 is 2.30. The summed E-state index contributed by atoms with van der Waals surface area (Å²) in [5, 5.41) is 3.22. The van der Waals surface area contributed by atoms with E-state index in [4.69, 9.17) is 5.73 Å². The summed E-state index contributed by atoms with van der Waals surface area (Å²) < 4.78 is 1.17. The summed E-state index contributed by atoms with van der Waals surface area (Å²) in [6.07, 6.45) is 5.35. The molecule has 2 aliphatic carbocycles. The van der Waals surface area contributed by atoms with Crippen LogP contribution in [0.3, 0.4) is 0 Å². The topological polar surface area (TPSA) is 50.4 Å². The highest BCUT2D eigenvalue weighted by atomic mass is 127. The van der Waals surface area contributed by atoms with Crippen LogP contribution in [0.4, 0.5) is 5.69 Å². The number of aliphatic imine (C=N–C) groups is 1. The number of fused-ring (bicyclic) bond motifs is 2. The van der Waals surface area contributed by atoms with Crippen LogP contribution >= 0.6 is 22.6 Å². The van der Waals surface area contributed by atoms with E-state index in [1.165, 1.54) is 29.3 Å². The summed E-state index contributed by atoms with van der Waals surface area (Å²) in [6.45, 7) is 0. The van der Waals surface area contributed by atoms with Gasteiger partial charge >= 0.3 is 0 Å². The van der Waals surface area contributed by atoms with Crippen molar-refractivity contribution in [1.82, 2.24) is 0 Å². The number of nitrogens with one attached hydrogen (secondary N) is 1. The number of nitrogens with two attached hydrogens (primary N) is 1. The Labute approximate surface area is 121 Å². The van der Waals surface area contributed by atoms with Crippen molar-refractivity contribution in [3.05, 3.63) is 27.8 Å². The van der Waals surface area contributed by atoms with E-state index in [9.17, 15) is 0 Å². The maximum absolute atomic E-state index is 6.02. The lowest BCUT2D eigenvalue weighted by atomic mass is 9.96. The predicted octanol–water partition coefficient (Wildman–Crippen LogP) is 3.21. The van der Waals surface area contributed by atoms with Gasteiger partial charge in [-0.25, -0.2) is 4.99 Å². The van der Waals surface area contributed by atoms with E-state index in [1.807, 2.05) is 18.2 Å². The first kappa shape index (κ1) is 12.3. The molecule has 0 radical (unpaired) electrons. The second-order valence-corrected chi connectivity index (χ2v) is 6.52. The van der Waals surface area contributed by atoms with E-state index in [0.29, 0.717) is 12.0 Å². The van der Waals surface area contributed by atoms with E-state index in [1.54, 1.807) is 0 Å². The molecule has 3 atom stereocenters. The maximum atomic E-state index is 6.02. The Morgan fingerprint density at radius 1 is 1.28 bits per heavy atom. The van der Waals surface area contributed by atoms with Crippen molar-refractivity contribution in [3.63, 3.8) is 0 Å². The SMILES string of the molecule is NC(=N[C@H]1C[C@@H]2CC[C@H]1C2)Nc1ccccc1I. The molecule has 4 heteroatoms. The molecule has 0 aliphatic heterocycles. The number of nitrogens with zero attached hydrogens (tertiary/aromatic N) is 1. The molecule has 0 aromatic heterocycles. The van der Waals surface area contributed by atoms with Gasteiger partial charge in [-0.2, -0.15) is 0 Å². The highest BCUT2D eigenvalue weighted by Gasteiger charge is 2.39. The third-order valence-corrected chi connectivity index (χ3v) is 5.08. The molecule has 0 amide bonds. The first-order chi connectivity index (χ1) is 8.72. The minimum atomic E-state index is 0.456. The van der Waals surface area contributed by atoms with Crippen LogP contribution in [0.1, 0.15) is 25.7 Å². The second kappa shape index (κ2) is 5.07. The average Bonchev–Trinajstić information content (AvgIpc) is 2.94. The fraction of sp³-hybridized carbons (Fsp3) is 0.500. The Kier molecular flexibility index (Phi) is 3.46. The Balaban J connectivity index is 1.68. The summed E-state index contributed by atoms with van der Waals surface area (Å²) in [5.74, 6) is 2.26. The van der Waals surface area contributed by atoms with Gasteiger partial charge in [-0.3, -0.25) is 0 Å². The third-order valence-electron chi connectivity index (χ3n) is 4.14. The zero-order valence-corrected chi connectivity index (χ0v) is 12.4. The fourth-order valence-electron chi connectivity index (χ4n) is 3.28. The summed E-state index contributed by atoms with van der Waals surface area (Å²) in [7, 11) is 0. The van der Waals surface area contributed by atoms with Crippen molar-refractivity contribution in [2.24, 2.45) is 22.6 Å². The molecule has 0 heterocycles. The van der Waals surface area contributed by atoms with E-state index >= 15 is 0 Å². The largest absolute Gasteiger partial charge is 0.370 e. The molecule has 3 nitrogen and oxygen atoms in total. The van der Waals surface area contributed by atoms with Gasteiger partial charge in [-0.1, -0.05) is 18.6 Å². The molecule has 3 rings (SSSR count). The molecule has 2 saturated carbocycles. The Bertz CT molecular complexity index is 472. The fourth-order valence-corrected chi connectivity index (χ4v) is 3.80. The lowest BCUT2D eigenvalue weighted by Gasteiger charge is -2.18. The molecular formula is C14H18IN3. The van der Waals surface area contributed by atoms with Gasteiger partial charge in [0.2, 0.25) is 0 Å². The van der Waals surface area contributed by atoms with Crippen molar-refractivity contribution in [1.29, 1.82) is 0 Å². The van der Waals surface area contributed by atoms with Gasteiger partial charge in [0, 0.05) is 3.57 Å². The number of guanidine groups is 1. The summed E-state index contributed by atoms with van der Waals surface area (Å²) in [6, 6.07) is 8.59. The minimum Gasteiger partial charge on any atom is -0.370 e. The third kappa shape index (κ3) is 2.48. The van der Waals surface area contributed by atoms with E-state index in [0.717, 1.165) is 17.5 Å². The number of rotatable bonds is 2. The minimum absolute atomic E-state index is 0.456. The Morgan fingerprint density at radius 3 is 2.78 bits per heavy atom. The predicted molar refractivity (Wildman–Crippen MR) is 83.6 cm³/mol. The first-order valence-electron chi connectivity index (χ1n) is 6.57. The van der Waals surface area contributed by atoms with Gasteiger partial charge in [0.05, 0.1) is 11.7 Å². The van der Waals surface area contributed by atoms with Crippen LogP contribution in [-0.4, -0.2) is 12.0 Å². The van der Waals surface area contributed by atoms with Crippen LogP contribution in [0.2, 0.25) is 0 Å². The molecule has 2 fully saturated rings. The van der Waals surface area contributed by atoms with Gasteiger partial charge in [0.15, 0.2) is 5.96 Å². The van der Waals surface area contributed by atoms with Crippen LogP contribution in [-0.2, 0) is 0 Å². The van der Waals surface area contributed by atoms with Crippen LogP contribution in [0.5, 0.6) is 0 Å². The molecule has 0 saturated heterocycles. The van der Waals surface area contributed by atoms with Crippen molar-refractivity contribution in [3.8, 4) is 0 Å². The van der Waals surface area contributed by atoms with E-state index in [-0.39, 0.29) is 0 Å². The molecule has 18 heavy (non-hydrogen) atoms. The highest BCUT2D eigenvalue weighted by molar-refractivity contribution is 14.1. The molecule has 1 aromatic carbocycles. The molecule has 0 unspecified atom stereocenters. The van der Waals surface area contributed by atoms with E-state index in [2.05, 4.69) is 39.0 Å². The summed E-state index contributed by atoms with van der Waals surface area (Å²) in [4.78, 5) is 4.68. The molecule has 96 valence electrons. The summed E-state index contributed by atoms with van der Waals surface area (Å²) in [5.41, 5.74) is 7.07. The van der Waals surface area contributed by atoms with Crippen molar-refractivity contribution in [2.75, 3.05) is 5.32 Å². The second-order valence-electron chi connectivity index (χ2n) is 5.36. The number of halogens is 1. The van der Waals surface area contributed by atoms with E-state index < -0.39 is 0 Å². The van der Waals surface area contributed by atoms with Crippen molar-refractivity contribution in [2.45, 2.75) is 31.7 Å². The van der Waals surface area contributed by atoms with Gasteiger partial charge in [0.25, 0.3) is 0 Å². The zero-order chi connectivity index (χ0) is 12.5. The molecule has 0 spiro atoms. The Hall–Kier alpha value is -0.780. The highest BCUT2D eigenvalue weighted by Crippen LogP contribution is 2.45. The molecule has 2 bridgehead atoms. The van der Waals surface area contributed by atoms with Crippen molar-refractivity contribution >= 4 is 34.2 Å². The van der Waals surface area contributed by atoms with Gasteiger partial charge in [-0.05, 0) is 65.8 Å². The van der Waals surface area contributed by atoms with Crippen LogP contribution in [0.25, 0.3) is 0 Å². The Morgan fingerprint density at radius 2 is 2.11 bits per heavy atom. The van der Waals surface area contributed by atoms with Gasteiger partial charge in [-0.15, -0.1) is 0 Å².